The minimum absolute atomic E-state index is 0.330. The molecule has 6 aromatic carbocycles. The summed E-state index contributed by atoms with van der Waals surface area (Å²) in [7, 11) is 0. The van der Waals surface area contributed by atoms with Crippen molar-refractivity contribution in [1.82, 2.24) is 4.57 Å². The molecule has 1 aliphatic heterocycles. The van der Waals surface area contributed by atoms with Gasteiger partial charge in [0.1, 0.15) is 23.6 Å². The Balaban J connectivity index is 1.31. The lowest BCUT2D eigenvalue weighted by molar-refractivity contribution is 0.561. The van der Waals surface area contributed by atoms with E-state index in [1.165, 1.54) is 16.5 Å². The van der Waals surface area contributed by atoms with Crippen LogP contribution in [0.15, 0.2) is 136 Å². The van der Waals surface area contributed by atoms with E-state index >= 15 is 0 Å². The topological polar surface area (TPSA) is 52.0 Å². The molecule has 0 spiro atoms. The van der Waals surface area contributed by atoms with E-state index in [2.05, 4.69) is 102 Å². The van der Waals surface area contributed by atoms with Crippen molar-refractivity contribution >= 4 is 84.5 Å². The molecular formula is C43H31N3O2. The largest absolute Gasteiger partial charge is 0.455 e. The zero-order chi connectivity index (χ0) is 32.4. The number of hydrogen-bond acceptors (Lipinski definition) is 4. The van der Waals surface area contributed by atoms with Gasteiger partial charge in [-0.3, -0.25) is 4.99 Å². The summed E-state index contributed by atoms with van der Waals surface area (Å²) in [6.07, 6.45) is 4.23. The Kier molecular flexibility index (Phi) is 6.40. The molecule has 0 saturated heterocycles. The van der Waals surface area contributed by atoms with E-state index < -0.39 is 0 Å². The molecule has 1 aliphatic rings. The van der Waals surface area contributed by atoms with E-state index in [0.29, 0.717) is 12.6 Å². The second kappa shape index (κ2) is 11.0. The maximum atomic E-state index is 6.72. The summed E-state index contributed by atoms with van der Waals surface area (Å²) in [6.45, 7) is 8.46. The lowest BCUT2D eigenvalue weighted by Gasteiger charge is -2.10. The van der Waals surface area contributed by atoms with E-state index in [1.54, 1.807) is 0 Å². The molecule has 0 fully saturated rings. The number of allylic oxidation sites excluding steroid dienone is 1. The van der Waals surface area contributed by atoms with Crippen LogP contribution in [0.1, 0.15) is 29.2 Å². The van der Waals surface area contributed by atoms with Gasteiger partial charge in [0.2, 0.25) is 5.90 Å². The van der Waals surface area contributed by atoms with Crippen molar-refractivity contribution in [2.24, 2.45) is 9.98 Å². The Bertz CT molecular complexity index is 2700. The molecule has 2 aromatic heterocycles. The third kappa shape index (κ3) is 4.17. The summed E-state index contributed by atoms with van der Waals surface area (Å²) in [4.78, 5) is 9.70. The predicted octanol–water partition coefficient (Wildman–Crippen LogP) is 11.2. The average Bonchev–Trinajstić information content (AvgIpc) is 3.77. The summed E-state index contributed by atoms with van der Waals surface area (Å²) >= 11 is 0. The molecule has 0 bridgehead atoms. The first-order chi connectivity index (χ1) is 23.6. The van der Waals surface area contributed by atoms with Gasteiger partial charge in [-0.2, -0.15) is 0 Å². The van der Waals surface area contributed by atoms with Gasteiger partial charge in [0.25, 0.3) is 0 Å². The fraction of sp³-hybridized carbons (Fsp3) is 0.0698. The maximum absolute atomic E-state index is 6.72. The van der Waals surface area contributed by atoms with Gasteiger partial charge in [-0.25, -0.2) is 4.99 Å². The van der Waals surface area contributed by atoms with Gasteiger partial charge in [-0.1, -0.05) is 97.1 Å². The Morgan fingerprint density at radius 2 is 1.60 bits per heavy atom. The summed E-state index contributed by atoms with van der Waals surface area (Å²) in [5.41, 5.74) is 9.80. The molecule has 230 valence electrons. The molecule has 48 heavy (non-hydrogen) atoms. The van der Waals surface area contributed by atoms with E-state index in [4.69, 9.17) is 14.1 Å². The average molecular weight is 622 g/mol. The number of rotatable bonds is 5. The van der Waals surface area contributed by atoms with Crippen molar-refractivity contribution in [2.45, 2.75) is 20.5 Å². The van der Waals surface area contributed by atoms with Gasteiger partial charge in [-0.05, 0) is 67.4 Å². The molecule has 0 N–H and O–H groups in total. The zero-order valence-corrected chi connectivity index (χ0v) is 26.7. The SMILES string of the molecule is C=N/C(=C1\C(=N/Cn2c3ccc4c5cc(/C=C\C)c(C)cc5oc4c3c3ccc4ccccc4c32)Oc2ccccc21)c1ccccc1. The van der Waals surface area contributed by atoms with E-state index in [-0.39, 0.29) is 0 Å². The molecular weight excluding hydrogens is 590 g/mol. The Labute approximate surface area is 277 Å². The van der Waals surface area contributed by atoms with Crippen LogP contribution >= 0.6 is 0 Å². The highest BCUT2D eigenvalue weighted by atomic mass is 16.5. The van der Waals surface area contributed by atoms with Crippen LogP contribution < -0.4 is 4.74 Å². The number of aryl methyl sites for hydroxylation is 1. The van der Waals surface area contributed by atoms with Gasteiger partial charge in [0.15, 0.2) is 0 Å². The van der Waals surface area contributed by atoms with Crippen LogP contribution in [0.25, 0.3) is 71.9 Å². The number of hydrogen-bond donors (Lipinski definition) is 0. The van der Waals surface area contributed by atoms with Crippen molar-refractivity contribution in [2.75, 3.05) is 0 Å². The van der Waals surface area contributed by atoms with Gasteiger partial charge < -0.3 is 13.7 Å². The molecule has 0 amide bonds. The Hall–Kier alpha value is -6.20. The van der Waals surface area contributed by atoms with Crippen LogP contribution in [0.4, 0.5) is 0 Å². The second-order valence-corrected chi connectivity index (χ2v) is 12.2. The number of nitrogens with zero attached hydrogens (tertiary/aromatic N) is 3. The molecule has 0 radical (unpaired) electrons. The highest BCUT2D eigenvalue weighted by Gasteiger charge is 2.29. The van der Waals surface area contributed by atoms with Crippen molar-refractivity contribution in [3.63, 3.8) is 0 Å². The molecule has 5 heteroatoms. The van der Waals surface area contributed by atoms with Crippen LogP contribution in [0.3, 0.4) is 0 Å². The van der Waals surface area contributed by atoms with Crippen LogP contribution in [0.2, 0.25) is 0 Å². The van der Waals surface area contributed by atoms with Crippen LogP contribution in [0.5, 0.6) is 5.75 Å². The first kappa shape index (κ1) is 28.1. The molecule has 0 aliphatic carbocycles. The maximum Gasteiger partial charge on any atom is 0.226 e. The third-order valence-corrected chi connectivity index (χ3v) is 9.46. The number of aromatic nitrogens is 1. The van der Waals surface area contributed by atoms with Gasteiger partial charge in [0.05, 0.1) is 27.7 Å². The van der Waals surface area contributed by atoms with Crippen molar-refractivity contribution < 1.29 is 9.15 Å². The standard InChI is InChI=1S/C43H31N3O2/c1-4-12-29-24-34-31-21-22-35-38(42(31)47-37(34)23-26(29)2)33-20-19-27-13-8-9-16-30(27)41(33)46(35)25-45-43-39(32-17-10-11-18-36(32)48-43)40(44-3)28-14-6-5-7-15-28/h4-24H,3,25H2,1-2H3/b12-4-,40-39-,45-43+. The predicted molar refractivity (Wildman–Crippen MR) is 201 cm³/mol. The summed E-state index contributed by atoms with van der Waals surface area (Å²) < 4.78 is 15.5. The van der Waals surface area contributed by atoms with E-state index in [1.807, 2.05) is 55.5 Å². The molecule has 8 aromatic rings. The molecule has 9 rings (SSSR count). The van der Waals surface area contributed by atoms with Crippen molar-refractivity contribution in [3.8, 4) is 5.75 Å². The number of ether oxygens (including phenoxy) is 1. The first-order valence-corrected chi connectivity index (χ1v) is 16.2. The quantitative estimate of drug-likeness (QED) is 0.180. The van der Waals surface area contributed by atoms with Gasteiger partial charge in [-0.15, -0.1) is 0 Å². The summed E-state index contributed by atoms with van der Waals surface area (Å²) in [5.74, 6) is 1.28. The van der Waals surface area contributed by atoms with Gasteiger partial charge >= 0.3 is 0 Å². The normalized spacial score (nSPS) is 15.0. The monoisotopic (exact) mass is 621 g/mol. The number of aliphatic imine (C=N–C) groups is 2. The number of para-hydroxylation sites is 1. The second-order valence-electron chi connectivity index (χ2n) is 12.2. The molecule has 3 heterocycles. The number of fused-ring (bicyclic) bond motifs is 10. The number of benzene rings is 6. The minimum atomic E-state index is 0.330. The lowest BCUT2D eigenvalue weighted by atomic mass is 10.0. The fourth-order valence-electron chi connectivity index (χ4n) is 7.27. The Morgan fingerprint density at radius 3 is 2.46 bits per heavy atom. The molecule has 0 unspecified atom stereocenters. The summed E-state index contributed by atoms with van der Waals surface area (Å²) in [6, 6.07) is 39.8. The van der Waals surface area contributed by atoms with E-state index in [0.717, 1.165) is 77.3 Å². The van der Waals surface area contributed by atoms with Crippen LogP contribution in [0, 0.1) is 6.92 Å². The molecule has 5 nitrogen and oxygen atoms in total. The minimum Gasteiger partial charge on any atom is -0.455 e. The highest BCUT2D eigenvalue weighted by Crippen LogP contribution is 2.43. The first-order valence-electron chi connectivity index (χ1n) is 16.2. The molecule has 0 atom stereocenters. The van der Waals surface area contributed by atoms with Crippen LogP contribution in [-0.2, 0) is 6.67 Å². The summed E-state index contributed by atoms with van der Waals surface area (Å²) in [5, 5.41) is 6.76. The third-order valence-electron chi connectivity index (χ3n) is 9.46. The van der Waals surface area contributed by atoms with Crippen molar-refractivity contribution in [3.05, 3.63) is 144 Å². The Morgan fingerprint density at radius 1 is 0.812 bits per heavy atom. The smallest absolute Gasteiger partial charge is 0.226 e. The van der Waals surface area contributed by atoms with E-state index in [9.17, 15) is 0 Å². The fourth-order valence-corrected chi connectivity index (χ4v) is 7.27. The lowest BCUT2D eigenvalue weighted by Crippen LogP contribution is -2.07. The zero-order valence-electron chi connectivity index (χ0n) is 26.7. The number of furan rings is 1. The van der Waals surface area contributed by atoms with Gasteiger partial charge in [0, 0.05) is 32.7 Å². The molecule has 0 saturated carbocycles. The van der Waals surface area contributed by atoms with Crippen molar-refractivity contribution in [1.29, 1.82) is 0 Å². The highest BCUT2D eigenvalue weighted by molar-refractivity contribution is 6.31. The van der Waals surface area contributed by atoms with Crippen LogP contribution in [-0.4, -0.2) is 17.2 Å².